The van der Waals surface area contributed by atoms with Crippen molar-refractivity contribution >= 4 is 5.91 Å². The number of piperidine rings is 1. The summed E-state index contributed by atoms with van der Waals surface area (Å²) in [4.78, 5) is 14.9. The number of likely N-dealkylation sites (tertiary alicyclic amines) is 1. The van der Waals surface area contributed by atoms with Gasteiger partial charge in [-0.1, -0.05) is 12.8 Å². The number of amides is 1. The largest absolute Gasteiger partial charge is 0.342 e. The van der Waals surface area contributed by atoms with E-state index in [4.69, 9.17) is 0 Å². The van der Waals surface area contributed by atoms with Crippen molar-refractivity contribution in [3.63, 3.8) is 0 Å². The fourth-order valence-electron chi connectivity index (χ4n) is 4.75. The molecule has 0 bridgehead atoms. The summed E-state index contributed by atoms with van der Waals surface area (Å²) in [5, 5.41) is 8.34. The van der Waals surface area contributed by atoms with Gasteiger partial charge in [0.25, 0.3) is 0 Å². The number of aryl methyl sites for hydroxylation is 1. The third-order valence-electron chi connectivity index (χ3n) is 6.10. The molecule has 2 saturated carbocycles. The van der Waals surface area contributed by atoms with Crippen LogP contribution in [0.1, 0.15) is 57.2 Å². The summed E-state index contributed by atoms with van der Waals surface area (Å²) < 4.78 is 2.14. The van der Waals surface area contributed by atoms with Crippen molar-refractivity contribution in [2.24, 2.45) is 17.8 Å². The molecule has 1 aromatic heterocycles. The molecule has 2 aliphatic carbocycles. The number of aromatic nitrogens is 3. The molecule has 0 unspecified atom stereocenters. The highest BCUT2D eigenvalue weighted by Gasteiger charge is 2.55. The van der Waals surface area contributed by atoms with Gasteiger partial charge >= 0.3 is 0 Å². The van der Waals surface area contributed by atoms with E-state index in [0.29, 0.717) is 17.7 Å². The summed E-state index contributed by atoms with van der Waals surface area (Å²) in [7, 11) is 0. The van der Waals surface area contributed by atoms with Crippen LogP contribution in [0.3, 0.4) is 0 Å². The van der Waals surface area contributed by atoms with E-state index >= 15 is 0 Å². The van der Waals surface area contributed by atoms with E-state index < -0.39 is 0 Å². The van der Waals surface area contributed by atoms with E-state index in [1.54, 1.807) is 0 Å². The second kappa shape index (κ2) is 5.67. The highest BCUT2D eigenvalue weighted by Crippen LogP contribution is 2.56. The average Bonchev–Trinajstić information content (AvgIpc) is 3.10. The van der Waals surface area contributed by atoms with Gasteiger partial charge in [-0.25, -0.2) is 0 Å². The number of carbonyl (C=O) groups excluding carboxylic acids is 1. The Morgan fingerprint density at radius 3 is 2.50 bits per heavy atom. The number of hydrogen-bond acceptors (Lipinski definition) is 3. The molecule has 0 aromatic carbocycles. The normalized spacial score (nSPS) is 31.9. The Hall–Kier alpha value is -1.39. The second-order valence-electron chi connectivity index (χ2n) is 7.21. The Kier molecular flexibility index (Phi) is 3.66. The summed E-state index contributed by atoms with van der Waals surface area (Å²) in [6, 6.07) is 0. The SMILES string of the molecule is CCn1cnnc1C1CCN(C(=O)C2[C@@H]3CCCC[C@@H]23)CC1. The fraction of sp³-hybridized carbons (Fsp3) is 0.824. The Labute approximate surface area is 132 Å². The van der Waals surface area contributed by atoms with Crippen molar-refractivity contribution in [2.75, 3.05) is 13.1 Å². The third-order valence-corrected chi connectivity index (χ3v) is 6.10. The summed E-state index contributed by atoms with van der Waals surface area (Å²) in [5.41, 5.74) is 0. The van der Waals surface area contributed by atoms with E-state index in [2.05, 4.69) is 26.6 Å². The van der Waals surface area contributed by atoms with Crippen LogP contribution < -0.4 is 0 Å². The van der Waals surface area contributed by atoms with Gasteiger partial charge in [0.05, 0.1) is 0 Å². The predicted octanol–water partition coefficient (Wildman–Crippen LogP) is 2.44. The molecule has 1 aromatic rings. The van der Waals surface area contributed by atoms with Crippen molar-refractivity contribution < 1.29 is 4.79 Å². The zero-order chi connectivity index (χ0) is 15.1. The molecule has 0 spiro atoms. The molecule has 2 heterocycles. The first-order valence-electron chi connectivity index (χ1n) is 8.96. The van der Waals surface area contributed by atoms with Gasteiger partial charge in [-0.2, -0.15) is 0 Å². The molecule has 120 valence electrons. The van der Waals surface area contributed by atoms with Crippen LogP contribution in [0.5, 0.6) is 0 Å². The minimum atomic E-state index is 0.373. The van der Waals surface area contributed by atoms with Crippen LogP contribution in [-0.2, 0) is 11.3 Å². The maximum atomic E-state index is 12.7. The second-order valence-corrected chi connectivity index (χ2v) is 7.21. The Bertz CT molecular complexity index is 535. The van der Waals surface area contributed by atoms with Crippen LogP contribution in [0.2, 0.25) is 0 Å². The maximum absolute atomic E-state index is 12.7. The van der Waals surface area contributed by atoms with E-state index in [1.165, 1.54) is 25.7 Å². The van der Waals surface area contributed by atoms with Crippen LogP contribution in [0, 0.1) is 17.8 Å². The van der Waals surface area contributed by atoms with E-state index in [-0.39, 0.29) is 0 Å². The van der Waals surface area contributed by atoms with Gasteiger partial charge in [-0.05, 0) is 44.4 Å². The molecule has 4 rings (SSSR count). The van der Waals surface area contributed by atoms with Crippen LogP contribution >= 0.6 is 0 Å². The lowest BCUT2D eigenvalue weighted by Gasteiger charge is -2.32. The van der Waals surface area contributed by atoms with Gasteiger partial charge in [0.1, 0.15) is 12.2 Å². The van der Waals surface area contributed by atoms with Gasteiger partial charge in [0, 0.05) is 31.5 Å². The molecular formula is C17H26N4O. The van der Waals surface area contributed by atoms with Crippen LogP contribution in [0.25, 0.3) is 0 Å². The van der Waals surface area contributed by atoms with Crippen LogP contribution in [-0.4, -0.2) is 38.7 Å². The maximum Gasteiger partial charge on any atom is 0.226 e. The number of fused-ring (bicyclic) bond motifs is 1. The topological polar surface area (TPSA) is 51.0 Å². The summed E-state index contributed by atoms with van der Waals surface area (Å²) in [5.74, 6) is 3.85. The lowest BCUT2D eigenvalue weighted by atomic mass is 9.95. The first-order chi connectivity index (χ1) is 10.8. The van der Waals surface area contributed by atoms with Gasteiger partial charge in [0.15, 0.2) is 0 Å². The molecule has 1 aliphatic heterocycles. The molecule has 22 heavy (non-hydrogen) atoms. The lowest BCUT2D eigenvalue weighted by Crippen LogP contribution is -2.39. The minimum Gasteiger partial charge on any atom is -0.342 e. The van der Waals surface area contributed by atoms with Gasteiger partial charge in [-0.3, -0.25) is 4.79 Å². The Morgan fingerprint density at radius 1 is 1.18 bits per heavy atom. The minimum absolute atomic E-state index is 0.373. The van der Waals surface area contributed by atoms with Gasteiger partial charge in [0.2, 0.25) is 5.91 Å². The average molecular weight is 302 g/mol. The molecule has 3 aliphatic rings. The van der Waals surface area contributed by atoms with E-state index in [9.17, 15) is 4.79 Å². The quantitative estimate of drug-likeness (QED) is 0.861. The number of carbonyl (C=O) groups is 1. The monoisotopic (exact) mass is 302 g/mol. The molecule has 0 radical (unpaired) electrons. The van der Waals surface area contributed by atoms with Gasteiger partial charge in [-0.15, -0.1) is 10.2 Å². The predicted molar refractivity (Wildman–Crippen MR) is 83.2 cm³/mol. The molecule has 5 nitrogen and oxygen atoms in total. The highest BCUT2D eigenvalue weighted by molar-refractivity contribution is 5.82. The van der Waals surface area contributed by atoms with Crippen molar-refractivity contribution in [1.29, 1.82) is 0 Å². The van der Waals surface area contributed by atoms with Crippen molar-refractivity contribution in [3.05, 3.63) is 12.2 Å². The first-order valence-corrected chi connectivity index (χ1v) is 8.96. The van der Waals surface area contributed by atoms with Crippen LogP contribution in [0.15, 0.2) is 6.33 Å². The molecule has 3 fully saturated rings. The Morgan fingerprint density at radius 2 is 1.86 bits per heavy atom. The number of nitrogens with zero attached hydrogens (tertiary/aromatic N) is 4. The molecule has 1 amide bonds. The number of hydrogen-bond donors (Lipinski definition) is 0. The fourth-order valence-corrected chi connectivity index (χ4v) is 4.75. The third kappa shape index (κ3) is 2.34. The highest BCUT2D eigenvalue weighted by atomic mass is 16.2. The van der Waals surface area contributed by atoms with Crippen LogP contribution in [0.4, 0.5) is 0 Å². The summed E-state index contributed by atoms with van der Waals surface area (Å²) >= 11 is 0. The van der Waals surface area contributed by atoms with Gasteiger partial charge < -0.3 is 9.47 Å². The standard InChI is InChI=1S/C17H26N4O/c1-2-20-11-18-19-16(20)12-7-9-21(10-8-12)17(22)15-13-5-3-4-6-14(13)15/h11-15H,2-10H2,1H3/t13-,14-/m1/s1. The van der Waals surface area contributed by atoms with E-state index in [1.807, 2.05) is 6.33 Å². The van der Waals surface area contributed by atoms with E-state index in [0.717, 1.165) is 50.1 Å². The lowest BCUT2D eigenvalue weighted by molar-refractivity contribution is -0.134. The molecule has 1 saturated heterocycles. The zero-order valence-electron chi connectivity index (χ0n) is 13.4. The smallest absolute Gasteiger partial charge is 0.226 e. The molecule has 2 atom stereocenters. The van der Waals surface area contributed by atoms with Crippen molar-refractivity contribution in [1.82, 2.24) is 19.7 Å². The first kappa shape index (κ1) is 14.2. The summed E-state index contributed by atoms with van der Waals surface area (Å²) in [6.07, 6.45) is 9.13. The number of rotatable bonds is 3. The molecule has 0 N–H and O–H groups in total. The molecule has 5 heteroatoms. The Balaban J connectivity index is 1.35. The summed E-state index contributed by atoms with van der Waals surface area (Å²) in [6.45, 7) is 4.85. The molecular weight excluding hydrogens is 276 g/mol. The van der Waals surface area contributed by atoms with Crippen molar-refractivity contribution in [2.45, 2.75) is 57.9 Å². The van der Waals surface area contributed by atoms with Crippen molar-refractivity contribution in [3.8, 4) is 0 Å². The zero-order valence-corrected chi connectivity index (χ0v) is 13.4.